The number of hydrogen-bond acceptors (Lipinski definition) is 7. The van der Waals surface area contributed by atoms with Gasteiger partial charge in [0.1, 0.15) is 5.60 Å². The average Bonchev–Trinajstić information content (AvgIpc) is 3.06. The summed E-state index contributed by atoms with van der Waals surface area (Å²) in [6, 6.07) is 6.82. The van der Waals surface area contributed by atoms with Crippen molar-refractivity contribution in [1.29, 1.82) is 0 Å². The van der Waals surface area contributed by atoms with E-state index in [4.69, 9.17) is 29.3 Å². The number of alkyl halides is 6. The molecule has 2 saturated heterocycles. The number of carbonyl (C=O) groups is 2. The van der Waals surface area contributed by atoms with E-state index >= 15 is 0 Å². The first kappa shape index (κ1) is 34.5. The molecule has 9 nitrogen and oxygen atoms in total. The van der Waals surface area contributed by atoms with Gasteiger partial charge in [-0.05, 0) is 52.3 Å². The number of carboxylic acid groups (broad SMARTS) is 2. The molecule has 3 heterocycles. The zero-order valence-corrected chi connectivity index (χ0v) is 22.2. The molecule has 0 saturated carbocycles. The molecular formula is C24H35F6N3O6. The first-order chi connectivity index (χ1) is 17.8. The number of halogens is 6. The van der Waals surface area contributed by atoms with Crippen LogP contribution in [-0.4, -0.2) is 107 Å². The van der Waals surface area contributed by atoms with E-state index in [1.165, 1.54) is 0 Å². The van der Waals surface area contributed by atoms with E-state index in [2.05, 4.69) is 47.8 Å². The molecule has 2 aliphatic rings. The summed E-state index contributed by atoms with van der Waals surface area (Å²) in [5, 5.41) is 14.2. The van der Waals surface area contributed by atoms with Gasteiger partial charge in [-0.25, -0.2) is 9.59 Å². The van der Waals surface area contributed by atoms with Crippen molar-refractivity contribution in [3.63, 3.8) is 0 Å². The van der Waals surface area contributed by atoms with Crippen molar-refractivity contribution in [2.24, 2.45) is 5.92 Å². The standard InChI is InChI=1S/C20H33N3O2.2C2HF3O2/c1-16(2)22(4)11-18-10-20(25-13-18)14-23(8-9-24-15-20)12-19-7-5-6-17(3)21-19;2*3-2(4,5)1(6)7/h5-7,16,18H,8-15H2,1-4H3;2*(H,6,7). The first-order valence-corrected chi connectivity index (χ1v) is 12.0. The summed E-state index contributed by atoms with van der Waals surface area (Å²) in [7, 11) is 2.20. The number of carboxylic acids is 2. The maximum Gasteiger partial charge on any atom is 0.490 e. The van der Waals surface area contributed by atoms with Crippen LogP contribution >= 0.6 is 0 Å². The van der Waals surface area contributed by atoms with Gasteiger partial charge in [0, 0.05) is 37.9 Å². The van der Waals surface area contributed by atoms with Crippen LogP contribution in [0.5, 0.6) is 0 Å². The topological polar surface area (TPSA) is 112 Å². The lowest BCUT2D eigenvalue weighted by Gasteiger charge is -2.31. The van der Waals surface area contributed by atoms with Crippen molar-refractivity contribution in [3.8, 4) is 0 Å². The molecule has 3 rings (SSSR count). The van der Waals surface area contributed by atoms with Gasteiger partial charge in [-0.2, -0.15) is 26.3 Å². The van der Waals surface area contributed by atoms with E-state index in [-0.39, 0.29) is 5.60 Å². The number of pyridine rings is 1. The van der Waals surface area contributed by atoms with Crippen LogP contribution in [0, 0.1) is 12.8 Å². The molecule has 2 unspecified atom stereocenters. The second-order valence-corrected chi connectivity index (χ2v) is 9.74. The Morgan fingerprint density at radius 2 is 1.72 bits per heavy atom. The highest BCUT2D eigenvalue weighted by atomic mass is 19.4. The van der Waals surface area contributed by atoms with Crippen LogP contribution in [0.25, 0.3) is 0 Å². The largest absolute Gasteiger partial charge is 0.490 e. The Hall–Kier alpha value is -2.49. The Bertz CT molecular complexity index is 906. The van der Waals surface area contributed by atoms with Gasteiger partial charge in [-0.1, -0.05) is 6.07 Å². The summed E-state index contributed by atoms with van der Waals surface area (Å²) in [5.74, 6) is -4.92. The molecule has 2 fully saturated rings. The molecule has 0 amide bonds. The van der Waals surface area contributed by atoms with Crippen molar-refractivity contribution in [1.82, 2.24) is 14.8 Å². The fourth-order valence-electron chi connectivity index (χ4n) is 3.92. The van der Waals surface area contributed by atoms with Gasteiger partial charge >= 0.3 is 24.3 Å². The lowest BCUT2D eigenvalue weighted by atomic mass is 9.93. The zero-order valence-electron chi connectivity index (χ0n) is 22.2. The maximum absolute atomic E-state index is 10.6. The number of aliphatic carboxylic acids is 2. The van der Waals surface area contributed by atoms with Gasteiger partial charge in [-0.3, -0.25) is 9.88 Å². The first-order valence-electron chi connectivity index (χ1n) is 12.0. The second kappa shape index (κ2) is 14.8. The van der Waals surface area contributed by atoms with Crippen LogP contribution < -0.4 is 0 Å². The van der Waals surface area contributed by atoms with Crippen molar-refractivity contribution in [2.45, 2.75) is 57.7 Å². The lowest BCUT2D eigenvalue weighted by molar-refractivity contribution is -0.193. The Morgan fingerprint density at radius 1 is 1.15 bits per heavy atom. The minimum absolute atomic E-state index is 0.150. The van der Waals surface area contributed by atoms with Crippen LogP contribution in [0.15, 0.2) is 18.2 Å². The Kier molecular flexibility index (Phi) is 13.1. The molecule has 1 aromatic rings. The number of nitrogens with zero attached hydrogens (tertiary/aromatic N) is 3. The molecule has 15 heteroatoms. The predicted octanol–water partition coefficient (Wildman–Crippen LogP) is 3.60. The number of ether oxygens (including phenoxy) is 2. The quantitative estimate of drug-likeness (QED) is 0.509. The molecule has 2 N–H and O–H groups in total. The molecule has 2 aliphatic heterocycles. The Morgan fingerprint density at radius 3 is 2.21 bits per heavy atom. The summed E-state index contributed by atoms with van der Waals surface area (Å²) in [6.45, 7) is 12.7. The zero-order chi connectivity index (χ0) is 30.0. The summed E-state index contributed by atoms with van der Waals surface area (Å²) in [6.07, 6.45) is -9.08. The summed E-state index contributed by atoms with van der Waals surface area (Å²) < 4.78 is 75.7. The molecule has 2 atom stereocenters. The second-order valence-electron chi connectivity index (χ2n) is 9.74. The molecule has 0 bridgehead atoms. The SMILES string of the molecule is Cc1cccc(CN2CCOCC3(CC(CN(C)C(C)C)CO3)C2)n1.O=C(O)C(F)(F)F.O=C(O)C(F)(F)F. The minimum atomic E-state index is -5.08. The molecule has 0 aromatic carbocycles. The number of aryl methyl sites for hydroxylation is 1. The average molecular weight is 576 g/mol. The van der Waals surface area contributed by atoms with E-state index in [0.717, 1.165) is 57.2 Å². The molecular weight excluding hydrogens is 540 g/mol. The van der Waals surface area contributed by atoms with Gasteiger partial charge in [0.05, 0.1) is 25.5 Å². The number of aromatic nitrogens is 1. The third kappa shape index (κ3) is 12.9. The number of hydrogen-bond donors (Lipinski definition) is 2. The van der Waals surface area contributed by atoms with Gasteiger partial charge in [0.15, 0.2) is 0 Å². The molecule has 0 aliphatic carbocycles. The summed E-state index contributed by atoms with van der Waals surface area (Å²) in [5.41, 5.74) is 2.06. The van der Waals surface area contributed by atoms with Crippen LogP contribution in [0.3, 0.4) is 0 Å². The van der Waals surface area contributed by atoms with Crippen LogP contribution in [0.4, 0.5) is 26.3 Å². The lowest BCUT2D eigenvalue weighted by Crippen LogP contribution is -2.44. The van der Waals surface area contributed by atoms with Crippen molar-refractivity contribution in [3.05, 3.63) is 29.6 Å². The smallest absolute Gasteiger partial charge is 0.475 e. The maximum atomic E-state index is 10.6. The monoisotopic (exact) mass is 575 g/mol. The third-order valence-corrected chi connectivity index (χ3v) is 5.96. The van der Waals surface area contributed by atoms with Crippen LogP contribution in [0.2, 0.25) is 0 Å². The Labute approximate surface area is 222 Å². The molecule has 1 aromatic heterocycles. The van der Waals surface area contributed by atoms with Crippen LogP contribution in [0.1, 0.15) is 31.7 Å². The van der Waals surface area contributed by atoms with E-state index in [1.807, 2.05) is 13.0 Å². The highest BCUT2D eigenvalue weighted by Gasteiger charge is 2.43. The van der Waals surface area contributed by atoms with E-state index in [1.54, 1.807) is 0 Å². The van der Waals surface area contributed by atoms with Gasteiger partial charge < -0.3 is 24.6 Å². The van der Waals surface area contributed by atoms with Gasteiger partial charge in [-0.15, -0.1) is 0 Å². The third-order valence-electron chi connectivity index (χ3n) is 5.96. The molecule has 39 heavy (non-hydrogen) atoms. The highest BCUT2D eigenvalue weighted by Crippen LogP contribution is 2.33. The highest BCUT2D eigenvalue weighted by molar-refractivity contribution is 5.73. The van der Waals surface area contributed by atoms with Crippen molar-refractivity contribution >= 4 is 11.9 Å². The van der Waals surface area contributed by atoms with E-state index in [9.17, 15) is 26.3 Å². The summed E-state index contributed by atoms with van der Waals surface area (Å²) in [4.78, 5) is 27.3. The summed E-state index contributed by atoms with van der Waals surface area (Å²) >= 11 is 0. The minimum Gasteiger partial charge on any atom is -0.475 e. The Balaban J connectivity index is 0.000000449. The van der Waals surface area contributed by atoms with Gasteiger partial charge in [0.2, 0.25) is 0 Å². The molecule has 224 valence electrons. The molecule has 0 radical (unpaired) electrons. The molecule has 1 spiro atoms. The fourth-order valence-corrected chi connectivity index (χ4v) is 3.92. The number of rotatable bonds is 5. The normalized spacial score (nSPS) is 22.1. The van der Waals surface area contributed by atoms with Crippen LogP contribution in [-0.2, 0) is 25.6 Å². The van der Waals surface area contributed by atoms with E-state index < -0.39 is 24.3 Å². The van der Waals surface area contributed by atoms with Crippen molar-refractivity contribution in [2.75, 3.05) is 46.5 Å². The van der Waals surface area contributed by atoms with Crippen molar-refractivity contribution < 1.29 is 55.6 Å². The fraction of sp³-hybridized carbons (Fsp3) is 0.708. The van der Waals surface area contributed by atoms with E-state index in [0.29, 0.717) is 18.6 Å². The van der Waals surface area contributed by atoms with Gasteiger partial charge in [0.25, 0.3) is 0 Å². The predicted molar refractivity (Wildman–Crippen MR) is 127 cm³/mol.